The second kappa shape index (κ2) is 9.32. The Bertz CT molecular complexity index is 1140. The van der Waals surface area contributed by atoms with Crippen molar-refractivity contribution in [2.24, 2.45) is 5.73 Å². The average Bonchev–Trinajstić information content (AvgIpc) is 2.74. The summed E-state index contributed by atoms with van der Waals surface area (Å²) in [5, 5.41) is 21.9. The van der Waals surface area contributed by atoms with Crippen molar-refractivity contribution in [2.45, 2.75) is 29.7 Å². The van der Waals surface area contributed by atoms with Gasteiger partial charge in [-0.1, -0.05) is 17.8 Å². The van der Waals surface area contributed by atoms with Crippen LogP contribution >= 0.6 is 11.8 Å². The van der Waals surface area contributed by atoms with E-state index in [1.54, 1.807) is 31.3 Å². The van der Waals surface area contributed by atoms with Crippen molar-refractivity contribution in [3.63, 3.8) is 0 Å². The van der Waals surface area contributed by atoms with E-state index in [0.717, 1.165) is 0 Å². The molecule has 2 N–H and O–H groups in total. The molecule has 0 saturated carbocycles. The smallest absolute Gasteiger partial charge is 0.338 e. The highest BCUT2D eigenvalue weighted by Crippen LogP contribution is 2.45. The molecule has 0 amide bonds. The molecule has 1 aliphatic rings. The molecule has 1 atom stereocenters. The molecule has 0 saturated heterocycles. The van der Waals surface area contributed by atoms with Gasteiger partial charge in [0.1, 0.15) is 22.4 Å². The fraction of sp³-hybridized carbons (Fsp3) is 0.190. The Morgan fingerprint density at radius 2 is 2.19 bits per heavy atom. The SMILES string of the molecule is CCOC(=O)C1=C(C)OC(N)=C(C#N)C1c1cc([N+](=O)[O-])ccc1Sc1ccccn1. The maximum Gasteiger partial charge on any atom is 0.338 e. The fourth-order valence-corrected chi connectivity index (χ4v) is 4.07. The van der Waals surface area contributed by atoms with Gasteiger partial charge in [0.2, 0.25) is 5.88 Å². The Morgan fingerprint density at radius 3 is 2.81 bits per heavy atom. The van der Waals surface area contributed by atoms with E-state index in [0.29, 0.717) is 15.5 Å². The molecule has 0 spiro atoms. The van der Waals surface area contributed by atoms with Gasteiger partial charge in [-0.15, -0.1) is 0 Å². The Hall–Kier alpha value is -3.84. The molecular weight excluding hydrogens is 420 g/mol. The molecule has 0 radical (unpaired) electrons. The van der Waals surface area contributed by atoms with Gasteiger partial charge in [-0.3, -0.25) is 10.1 Å². The minimum atomic E-state index is -0.996. The van der Waals surface area contributed by atoms with E-state index in [2.05, 4.69) is 4.98 Å². The van der Waals surface area contributed by atoms with Crippen LogP contribution in [-0.4, -0.2) is 22.5 Å². The summed E-state index contributed by atoms with van der Waals surface area (Å²) in [6.45, 7) is 3.29. The molecule has 3 rings (SSSR count). The van der Waals surface area contributed by atoms with Gasteiger partial charge in [0.25, 0.3) is 5.69 Å². The monoisotopic (exact) mass is 438 g/mol. The molecule has 2 heterocycles. The first-order chi connectivity index (χ1) is 14.9. The van der Waals surface area contributed by atoms with Crippen LogP contribution in [-0.2, 0) is 14.3 Å². The van der Waals surface area contributed by atoms with E-state index in [4.69, 9.17) is 15.2 Å². The molecule has 0 aliphatic carbocycles. The summed E-state index contributed by atoms with van der Waals surface area (Å²) >= 11 is 1.25. The third kappa shape index (κ3) is 4.51. The molecule has 0 bridgehead atoms. The molecule has 1 aliphatic heterocycles. The van der Waals surface area contributed by atoms with Gasteiger partial charge >= 0.3 is 5.97 Å². The van der Waals surface area contributed by atoms with E-state index >= 15 is 0 Å². The molecule has 1 unspecified atom stereocenters. The Kier molecular flexibility index (Phi) is 6.57. The number of carbonyl (C=O) groups is 1. The number of esters is 1. The standard InChI is InChI=1S/C21H18N4O5S/c1-3-29-21(26)18-12(2)30-20(23)15(11-22)19(18)14-10-13(25(27)28)7-8-16(14)31-17-6-4-5-9-24-17/h4-10,19H,3,23H2,1-2H3. The second-order valence-corrected chi connectivity index (χ2v) is 7.43. The highest BCUT2D eigenvalue weighted by atomic mass is 32.2. The Labute approximate surface area is 182 Å². The van der Waals surface area contributed by atoms with Crippen LogP contribution in [0.3, 0.4) is 0 Å². The summed E-state index contributed by atoms with van der Waals surface area (Å²) in [4.78, 5) is 28.5. The number of nitriles is 1. The number of nitro benzene ring substituents is 1. The number of hydrogen-bond acceptors (Lipinski definition) is 9. The number of nitrogens with two attached hydrogens (primary N) is 1. The van der Waals surface area contributed by atoms with Crippen molar-refractivity contribution in [2.75, 3.05) is 6.61 Å². The first kappa shape index (κ1) is 21.9. The van der Waals surface area contributed by atoms with Crippen molar-refractivity contribution in [3.8, 4) is 6.07 Å². The Balaban J connectivity index is 2.25. The number of hydrogen-bond donors (Lipinski definition) is 1. The fourth-order valence-electron chi connectivity index (χ4n) is 3.15. The van der Waals surface area contributed by atoms with E-state index in [-0.39, 0.29) is 35.1 Å². The van der Waals surface area contributed by atoms with Crippen LogP contribution in [0.5, 0.6) is 0 Å². The van der Waals surface area contributed by atoms with Gasteiger partial charge in [0.15, 0.2) is 0 Å². The van der Waals surface area contributed by atoms with Crippen LogP contribution in [0.4, 0.5) is 5.69 Å². The molecule has 1 aromatic carbocycles. The minimum absolute atomic E-state index is 0.0305. The quantitative estimate of drug-likeness (QED) is 0.405. The van der Waals surface area contributed by atoms with E-state index in [9.17, 15) is 20.2 Å². The van der Waals surface area contributed by atoms with Crippen LogP contribution in [0.1, 0.15) is 25.3 Å². The van der Waals surface area contributed by atoms with Crippen LogP contribution in [0.15, 0.2) is 75.3 Å². The number of ether oxygens (including phenoxy) is 2. The van der Waals surface area contributed by atoms with E-state index < -0.39 is 16.8 Å². The first-order valence-electron chi connectivity index (χ1n) is 9.20. The summed E-state index contributed by atoms with van der Waals surface area (Å²) in [5.74, 6) is -1.69. The van der Waals surface area contributed by atoms with Gasteiger partial charge in [0, 0.05) is 23.2 Å². The van der Waals surface area contributed by atoms with Gasteiger partial charge in [0.05, 0.1) is 23.0 Å². The molecule has 2 aromatic rings. The number of rotatable bonds is 6. The van der Waals surface area contributed by atoms with Gasteiger partial charge in [-0.05, 0) is 37.6 Å². The van der Waals surface area contributed by atoms with Crippen molar-refractivity contribution in [1.29, 1.82) is 5.26 Å². The molecule has 158 valence electrons. The first-order valence-corrected chi connectivity index (χ1v) is 10.0. The van der Waals surface area contributed by atoms with Crippen LogP contribution in [0.2, 0.25) is 0 Å². The average molecular weight is 438 g/mol. The largest absolute Gasteiger partial charge is 0.463 e. The van der Waals surface area contributed by atoms with Crippen molar-refractivity contribution in [1.82, 2.24) is 4.98 Å². The highest BCUT2D eigenvalue weighted by molar-refractivity contribution is 7.99. The van der Waals surface area contributed by atoms with Gasteiger partial charge in [-0.2, -0.15) is 5.26 Å². The lowest BCUT2D eigenvalue weighted by atomic mass is 9.83. The third-order valence-corrected chi connectivity index (χ3v) is 5.51. The lowest BCUT2D eigenvalue weighted by molar-refractivity contribution is -0.385. The van der Waals surface area contributed by atoms with Gasteiger partial charge in [-0.25, -0.2) is 9.78 Å². The van der Waals surface area contributed by atoms with Crippen LogP contribution < -0.4 is 5.73 Å². The zero-order valence-electron chi connectivity index (χ0n) is 16.7. The number of non-ortho nitro benzene ring substituents is 1. The number of benzene rings is 1. The summed E-state index contributed by atoms with van der Waals surface area (Å²) < 4.78 is 10.6. The number of aromatic nitrogens is 1. The summed E-state index contributed by atoms with van der Waals surface area (Å²) in [7, 11) is 0. The zero-order chi connectivity index (χ0) is 22.5. The molecule has 0 fully saturated rings. The molecule has 9 nitrogen and oxygen atoms in total. The third-order valence-electron chi connectivity index (χ3n) is 4.47. The predicted molar refractivity (Wildman–Crippen MR) is 111 cm³/mol. The summed E-state index contributed by atoms with van der Waals surface area (Å²) in [6, 6.07) is 11.6. The van der Waals surface area contributed by atoms with Gasteiger partial charge < -0.3 is 15.2 Å². The number of carbonyl (C=O) groups excluding carboxylic acids is 1. The molecule has 31 heavy (non-hydrogen) atoms. The topological polar surface area (TPSA) is 141 Å². The predicted octanol–water partition coefficient (Wildman–Crippen LogP) is 3.79. The normalized spacial score (nSPS) is 15.8. The van der Waals surface area contributed by atoms with Crippen LogP contribution in [0.25, 0.3) is 0 Å². The summed E-state index contributed by atoms with van der Waals surface area (Å²) in [5.41, 5.74) is 6.14. The maximum absolute atomic E-state index is 12.8. The lowest BCUT2D eigenvalue weighted by Crippen LogP contribution is -2.26. The lowest BCUT2D eigenvalue weighted by Gasteiger charge is -2.27. The van der Waals surface area contributed by atoms with Crippen molar-refractivity contribution < 1.29 is 19.2 Å². The minimum Gasteiger partial charge on any atom is -0.463 e. The van der Waals surface area contributed by atoms with E-state index in [1.165, 1.54) is 30.8 Å². The number of pyridine rings is 1. The molecule has 10 heteroatoms. The number of nitro groups is 1. The van der Waals surface area contributed by atoms with Crippen molar-refractivity contribution >= 4 is 23.4 Å². The maximum atomic E-state index is 12.8. The second-order valence-electron chi connectivity index (χ2n) is 6.36. The summed E-state index contributed by atoms with van der Waals surface area (Å²) in [6.07, 6.45) is 1.62. The molecular formula is C21H18N4O5S. The Morgan fingerprint density at radius 1 is 1.42 bits per heavy atom. The zero-order valence-corrected chi connectivity index (χ0v) is 17.5. The van der Waals surface area contributed by atoms with Crippen LogP contribution in [0, 0.1) is 21.4 Å². The highest BCUT2D eigenvalue weighted by Gasteiger charge is 2.38. The molecule has 1 aromatic heterocycles. The van der Waals surface area contributed by atoms with E-state index in [1.807, 2.05) is 12.1 Å². The number of nitrogens with zero attached hydrogens (tertiary/aromatic N) is 3. The number of allylic oxidation sites excluding steroid dienone is 2. The van der Waals surface area contributed by atoms with Crippen molar-refractivity contribution in [3.05, 3.63) is 81.1 Å².